The zero-order valence-corrected chi connectivity index (χ0v) is 13.5. The lowest BCUT2D eigenvalue weighted by Gasteiger charge is -2.22. The Bertz CT molecular complexity index is 679. The fourth-order valence-electron chi connectivity index (χ4n) is 2.58. The normalized spacial score (nSPS) is 17.5. The molecule has 1 aromatic carbocycles. The molecule has 120 valence electrons. The first kappa shape index (κ1) is 15.7. The maximum absolute atomic E-state index is 12.2. The van der Waals surface area contributed by atoms with Crippen molar-refractivity contribution < 1.29 is 9.59 Å². The minimum atomic E-state index is -0.141. The predicted octanol–water partition coefficient (Wildman–Crippen LogP) is 3.08. The molecule has 2 heterocycles. The second-order valence-electron chi connectivity index (χ2n) is 5.50. The molecule has 1 unspecified atom stereocenters. The number of anilines is 2. The van der Waals surface area contributed by atoms with Crippen LogP contribution in [0.4, 0.5) is 11.4 Å². The van der Waals surface area contributed by atoms with Crippen molar-refractivity contribution in [1.82, 2.24) is 5.32 Å². The van der Waals surface area contributed by atoms with Gasteiger partial charge in [-0.2, -0.15) is 0 Å². The number of carbonyl (C=O) groups excluding carboxylic acids is 2. The summed E-state index contributed by atoms with van der Waals surface area (Å²) in [5, 5.41) is 10.8. The standard InChI is InChI=1S/C17H19N3O2S/c21-16(14-7-1-2-9-18-14)19-12-5-3-6-13(11-12)20-17(22)15-8-4-10-23-15/h3-6,8,10-11,14,18H,1-2,7,9H2,(H,19,21)(H,20,22). The van der Waals surface area contributed by atoms with E-state index in [1.54, 1.807) is 18.2 Å². The van der Waals surface area contributed by atoms with E-state index in [1.165, 1.54) is 11.3 Å². The number of amides is 2. The van der Waals surface area contributed by atoms with Gasteiger partial charge >= 0.3 is 0 Å². The molecule has 1 saturated heterocycles. The van der Waals surface area contributed by atoms with E-state index in [0.717, 1.165) is 25.8 Å². The van der Waals surface area contributed by atoms with Gasteiger partial charge < -0.3 is 16.0 Å². The molecule has 0 bridgehead atoms. The van der Waals surface area contributed by atoms with Gasteiger partial charge in [0, 0.05) is 11.4 Å². The number of rotatable bonds is 4. The molecule has 1 fully saturated rings. The van der Waals surface area contributed by atoms with E-state index in [0.29, 0.717) is 16.3 Å². The van der Waals surface area contributed by atoms with Crippen LogP contribution in [0, 0.1) is 0 Å². The Morgan fingerprint density at radius 3 is 2.61 bits per heavy atom. The summed E-state index contributed by atoms with van der Waals surface area (Å²) in [5.74, 6) is -0.163. The van der Waals surface area contributed by atoms with Crippen LogP contribution in [0.5, 0.6) is 0 Å². The monoisotopic (exact) mass is 329 g/mol. The molecule has 1 atom stereocenters. The van der Waals surface area contributed by atoms with E-state index in [4.69, 9.17) is 0 Å². The maximum atomic E-state index is 12.2. The molecule has 0 radical (unpaired) electrons. The molecule has 0 saturated carbocycles. The van der Waals surface area contributed by atoms with Crippen LogP contribution in [0.2, 0.25) is 0 Å². The smallest absolute Gasteiger partial charge is 0.265 e. The number of benzene rings is 1. The van der Waals surface area contributed by atoms with Crippen LogP contribution < -0.4 is 16.0 Å². The summed E-state index contributed by atoms with van der Waals surface area (Å²) in [7, 11) is 0. The second-order valence-corrected chi connectivity index (χ2v) is 6.45. The number of hydrogen-bond acceptors (Lipinski definition) is 4. The van der Waals surface area contributed by atoms with Gasteiger partial charge in [0.25, 0.3) is 5.91 Å². The Hall–Kier alpha value is -2.18. The Morgan fingerprint density at radius 2 is 1.91 bits per heavy atom. The summed E-state index contributed by atoms with van der Waals surface area (Å²) in [6.45, 7) is 0.884. The van der Waals surface area contributed by atoms with Gasteiger partial charge in [0.2, 0.25) is 5.91 Å². The van der Waals surface area contributed by atoms with Crippen LogP contribution in [0.15, 0.2) is 41.8 Å². The van der Waals surface area contributed by atoms with Crippen molar-refractivity contribution in [1.29, 1.82) is 0 Å². The fourth-order valence-corrected chi connectivity index (χ4v) is 3.20. The zero-order chi connectivity index (χ0) is 16.1. The van der Waals surface area contributed by atoms with E-state index in [9.17, 15) is 9.59 Å². The number of nitrogens with one attached hydrogen (secondary N) is 3. The molecular formula is C17H19N3O2S. The van der Waals surface area contributed by atoms with Crippen molar-refractivity contribution in [3.8, 4) is 0 Å². The van der Waals surface area contributed by atoms with Crippen molar-refractivity contribution >= 4 is 34.5 Å². The summed E-state index contributed by atoms with van der Waals surface area (Å²) < 4.78 is 0. The Morgan fingerprint density at radius 1 is 1.09 bits per heavy atom. The van der Waals surface area contributed by atoms with Gasteiger partial charge in [-0.3, -0.25) is 9.59 Å². The maximum Gasteiger partial charge on any atom is 0.265 e. The summed E-state index contributed by atoms with van der Waals surface area (Å²) in [5.41, 5.74) is 1.35. The molecule has 6 heteroatoms. The first-order valence-electron chi connectivity index (χ1n) is 7.71. The number of thiophene rings is 1. The van der Waals surface area contributed by atoms with E-state index >= 15 is 0 Å². The van der Waals surface area contributed by atoms with E-state index in [1.807, 2.05) is 23.6 Å². The van der Waals surface area contributed by atoms with Crippen LogP contribution in [-0.2, 0) is 4.79 Å². The lowest BCUT2D eigenvalue weighted by molar-refractivity contribution is -0.118. The van der Waals surface area contributed by atoms with Gasteiger partial charge in [-0.1, -0.05) is 18.6 Å². The Labute approximate surface area is 139 Å². The van der Waals surface area contributed by atoms with Crippen LogP contribution in [0.1, 0.15) is 28.9 Å². The first-order valence-corrected chi connectivity index (χ1v) is 8.59. The lowest BCUT2D eigenvalue weighted by atomic mass is 10.0. The van der Waals surface area contributed by atoms with Crippen LogP contribution in [-0.4, -0.2) is 24.4 Å². The molecule has 23 heavy (non-hydrogen) atoms. The molecule has 0 aliphatic carbocycles. The molecule has 1 aliphatic rings. The summed E-state index contributed by atoms with van der Waals surface area (Å²) >= 11 is 1.39. The predicted molar refractivity (Wildman–Crippen MR) is 93.0 cm³/mol. The molecule has 1 aromatic heterocycles. The molecular weight excluding hydrogens is 310 g/mol. The topological polar surface area (TPSA) is 70.2 Å². The lowest BCUT2D eigenvalue weighted by Crippen LogP contribution is -2.43. The van der Waals surface area contributed by atoms with Crippen molar-refractivity contribution in [2.75, 3.05) is 17.2 Å². The van der Waals surface area contributed by atoms with Gasteiger partial charge in [0.15, 0.2) is 0 Å². The van der Waals surface area contributed by atoms with Crippen molar-refractivity contribution in [3.05, 3.63) is 46.7 Å². The first-order chi connectivity index (χ1) is 11.2. The van der Waals surface area contributed by atoms with Crippen LogP contribution in [0.25, 0.3) is 0 Å². The summed E-state index contributed by atoms with van der Waals surface area (Å²) in [4.78, 5) is 24.9. The van der Waals surface area contributed by atoms with Gasteiger partial charge in [0.1, 0.15) is 0 Å². The van der Waals surface area contributed by atoms with Crippen molar-refractivity contribution in [3.63, 3.8) is 0 Å². The van der Waals surface area contributed by atoms with E-state index in [-0.39, 0.29) is 17.9 Å². The third kappa shape index (κ3) is 4.18. The minimum Gasteiger partial charge on any atom is -0.325 e. The molecule has 5 nitrogen and oxygen atoms in total. The molecule has 3 N–H and O–H groups in total. The highest BCUT2D eigenvalue weighted by Crippen LogP contribution is 2.18. The Kier molecular flexibility index (Phi) is 5.05. The number of piperidine rings is 1. The van der Waals surface area contributed by atoms with Gasteiger partial charge in [0.05, 0.1) is 10.9 Å². The third-order valence-electron chi connectivity index (χ3n) is 3.76. The van der Waals surface area contributed by atoms with Gasteiger partial charge in [-0.15, -0.1) is 11.3 Å². The van der Waals surface area contributed by atoms with Crippen LogP contribution >= 0.6 is 11.3 Å². The Balaban J connectivity index is 1.62. The SMILES string of the molecule is O=C(Nc1cccc(NC(=O)C2CCCCN2)c1)c1cccs1. The van der Waals surface area contributed by atoms with Gasteiger partial charge in [-0.25, -0.2) is 0 Å². The third-order valence-corrected chi connectivity index (χ3v) is 4.63. The molecule has 2 amide bonds. The van der Waals surface area contributed by atoms with E-state index < -0.39 is 0 Å². The largest absolute Gasteiger partial charge is 0.325 e. The average Bonchev–Trinajstić information content (AvgIpc) is 3.10. The molecule has 0 spiro atoms. The quantitative estimate of drug-likeness (QED) is 0.807. The average molecular weight is 329 g/mol. The zero-order valence-electron chi connectivity index (χ0n) is 12.7. The summed E-state index contributed by atoms with van der Waals surface area (Å²) in [6, 6.07) is 10.7. The molecule has 3 rings (SSSR count). The molecule has 1 aliphatic heterocycles. The number of hydrogen-bond donors (Lipinski definition) is 3. The highest BCUT2D eigenvalue weighted by Gasteiger charge is 2.20. The second kappa shape index (κ2) is 7.39. The summed E-state index contributed by atoms with van der Waals surface area (Å²) in [6.07, 6.45) is 3.05. The number of carbonyl (C=O) groups is 2. The van der Waals surface area contributed by atoms with Gasteiger partial charge in [-0.05, 0) is 49.0 Å². The molecule has 2 aromatic rings. The highest BCUT2D eigenvalue weighted by molar-refractivity contribution is 7.12. The highest BCUT2D eigenvalue weighted by atomic mass is 32.1. The van der Waals surface area contributed by atoms with Crippen LogP contribution in [0.3, 0.4) is 0 Å². The fraction of sp³-hybridized carbons (Fsp3) is 0.294. The van der Waals surface area contributed by atoms with Crippen molar-refractivity contribution in [2.45, 2.75) is 25.3 Å². The van der Waals surface area contributed by atoms with E-state index in [2.05, 4.69) is 16.0 Å². The van der Waals surface area contributed by atoms with Crippen molar-refractivity contribution in [2.24, 2.45) is 0 Å². The minimum absolute atomic E-state index is 0.0218.